The molecule has 576 valence electrons. The second kappa shape index (κ2) is 31.7. The summed E-state index contributed by atoms with van der Waals surface area (Å²) >= 11 is 0. The van der Waals surface area contributed by atoms with Gasteiger partial charge in [0, 0.05) is 50.5 Å². The van der Waals surface area contributed by atoms with Crippen LogP contribution in [0.4, 0.5) is 0 Å². The Balaban J connectivity index is 0.602. The summed E-state index contributed by atoms with van der Waals surface area (Å²) in [7, 11) is 0. The Hall–Kier alpha value is -5.62. The van der Waals surface area contributed by atoms with Gasteiger partial charge in [0.25, 0.3) is 0 Å². The second-order valence-electron chi connectivity index (χ2n) is 33.6. The highest BCUT2D eigenvalue weighted by Gasteiger charge is 2.63. The maximum Gasteiger partial charge on any atom is 0.171 e. The monoisotopic (exact) mass is 1470 g/mol. The Morgan fingerprint density at radius 1 is 0.500 bits per heavy atom. The molecule has 0 radical (unpaired) electrons. The van der Waals surface area contributed by atoms with Crippen LogP contribution in [0.25, 0.3) is 32.3 Å². The maximum absolute atomic E-state index is 11.0. The van der Waals surface area contributed by atoms with E-state index in [1.165, 1.54) is 26.9 Å². The van der Waals surface area contributed by atoms with Crippen LogP contribution in [-0.2, 0) is 95.6 Å². The van der Waals surface area contributed by atoms with Crippen molar-refractivity contribution in [1.29, 1.82) is 0 Å². The number of fused-ring (bicyclic) bond motifs is 12. The summed E-state index contributed by atoms with van der Waals surface area (Å²) in [6.45, 7) is 18.0. The van der Waals surface area contributed by atoms with Crippen molar-refractivity contribution in [2.24, 2.45) is 23.7 Å². The molecule has 0 aliphatic carbocycles. The molecule has 9 saturated heterocycles. The molecular formula is C91H110O17. The lowest BCUT2D eigenvalue weighted by molar-refractivity contribution is -0.342. The summed E-state index contributed by atoms with van der Waals surface area (Å²) in [5.74, 6) is -0.373. The third-order valence-electron chi connectivity index (χ3n) is 26.6. The predicted octanol–water partition coefficient (Wildman–Crippen LogP) is 14.8. The van der Waals surface area contributed by atoms with Crippen LogP contribution in [0.3, 0.4) is 0 Å². The van der Waals surface area contributed by atoms with Gasteiger partial charge in [0.1, 0.15) is 48.3 Å². The van der Waals surface area contributed by atoms with Gasteiger partial charge in [-0.1, -0.05) is 179 Å². The third kappa shape index (κ3) is 14.7. The fourth-order valence-electron chi connectivity index (χ4n) is 20.7. The van der Waals surface area contributed by atoms with Crippen LogP contribution >= 0.6 is 0 Å². The molecule has 12 aliphatic heterocycles. The molecule has 6 aromatic carbocycles. The van der Waals surface area contributed by atoms with E-state index in [0.717, 1.165) is 54.2 Å². The molecule has 1 spiro atoms. The largest absolute Gasteiger partial charge is 0.396 e. The summed E-state index contributed by atoms with van der Waals surface area (Å²) in [5, 5.41) is 18.1. The Morgan fingerprint density at radius 3 is 1.79 bits per heavy atom. The predicted molar refractivity (Wildman–Crippen MR) is 409 cm³/mol. The van der Waals surface area contributed by atoms with Gasteiger partial charge in [-0.25, -0.2) is 0 Å². The number of aliphatic hydroxyl groups excluding tert-OH is 1. The minimum atomic E-state index is -0.948. The van der Waals surface area contributed by atoms with Gasteiger partial charge in [0.05, 0.1) is 137 Å². The Kier molecular flexibility index (Phi) is 21.7. The van der Waals surface area contributed by atoms with Crippen LogP contribution in [0.2, 0.25) is 0 Å². The van der Waals surface area contributed by atoms with Crippen molar-refractivity contribution in [3.05, 3.63) is 193 Å². The first-order chi connectivity index (χ1) is 52.8. The lowest BCUT2D eigenvalue weighted by Gasteiger charge is -2.53. The molecule has 12 heterocycles. The number of ether oxygens (including phenoxy) is 16. The Labute approximate surface area is 636 Å². The van der Waals surface area contributed by atoms with Crippen molar-refractivity contribution >= 4 is 32.3 Å². The number of aliphatic hydroxyl groups is 1. The van der Waals surface area contributed by atoms with Crippen LogP contribution in [-0.4, -0.2) is 183 Å². The highest BCUT2D eigenvalue weighted by Crippen LogP contribution is 2.53. The first-order valence-electron chi connectivity index (χ1n) is 40.8. The van der Waals surface area contributed by atoms with E-state index in [4.69, 9.17) is 75.8 Å². The van der Waals surface area contributed by atoms with Crippen molar-refractivity contribution in [3.8, 4) is 0 Å². The van der Waals surface area contributed by atoms with Crippen molar-refractivity contribution < 1.29 is 80.9 Å². The molecule has 0 unspecified atom stereocenters. The fraction of sp³-hybridized carbons (Fsp3) is 0.582. The molecule has 108 heavy (non-hydrogen) atoms. The summed E-state index contributed by atoms with van der Waals surface area (Å²) in [6.07, 6.45) is 13.3. The van der Waals surface area contributed by atoms with Gasteiger partial charge in [-0.3, -0.25) is 0 Å². The van der Waals surface area contributed by atoms with E-state index < -0.39 is 66.3 Å². The Morgan fingerprint density at radius 2 is 1.10 bits per heavy atom. The maximum atomic E-state index is 11.0. The van der Waals surface area contributed by atoms with Gasteiger partial charge in [0.2, 0.25) is 0 Å². The van der Waals surface area contributed by atoms with Crippen LogP contribution < -0.4 is 0 Å². The zero-order chi connectivity index (χ0) is 73.2. The van der Waals surface area contributed by atoms with Gasteiger partial charge in [0.15, 0.2) is 5.79 Å². The SMILES string of the molecule is C=CC[C@@H]1O[C@@H]2C[C@@H]3O[C@@H]4C[C@@H]5O[C@@H]6[C@@H](C)[C@H](C)[C@@]7(CCCO7)O[C@H]6[C@@H](OCc6ccc7ccccc7c6)[C@H](C)[C@H]5O[C@H]4C[C@@H](C)C[C@H]3O[C@@]2(C)[C@H](OCc2ccc3ccccc3c2)C[C@H]1O[C@H]1/C=C\C[C@H]2O[C@H]3C[C@H]4O[C@H]5CC=CCO[C@@H]5[C@@H](OCc5ccc6ccccc6c5)[C@@H]4O[C@@H]3C=C[C@@H]2O[C@@H]1CCO. The summed E-state index contributed by atoms with van der Waals surface area (Å²) < 4.78 is 117. The minimum absolute atomic E-state index is 0.0869. The van der Waals surface area contributed by atoms with E-state index in [1.54, 1.807) is 0 Å². The molecule has 0 aromatic heterocycles. The normalized spacial score (nSPS) is 42.5. The molecule has 6 aromatic rings. The van der Waals surface area contributed by atoms with Crippen LogP contribution in [0, 0.1) is 23.7 Å². The number of benzene rings is 6. The first kappa shape index (κ1) is 73.8. The molecule has 12 aliphatic rings. The van der Waals surface area contributed by atoms with Gasteiger partial charge in [-0.05, 0) is 131 Å². The molecule has 0 bridgehead atoms. The van der Waals surface area contributed by atoms with Crippen molar-refractivity contribution in [2.75, 3.05) is 19.8 Å². The molecular weight excluding hydrogens is 1360 g/mol. The smallest absolute Gasteiger partial charge is 0.171 e. The molecule has 0 amide bonds. The number of hydrogen-bond donors (Lipinski definition) is 1. The lowest BCUT2D eigenvalue weighted by Crippen LogP contribution is -2.64. The topological polar surface area (TPSA) is 168 Å². The first-order valence-corrected chi connectivity index (χ1v) is 40.8. The number of rotatable bonds is 15. The molecule has 17 nitrogen and oxygen atoms in total. The molecule has 17 heteroatoms. The van der Waals surface area contributed by atoms with Crippen LogP contribution in [0.15, 0.2) is 177 Å². The zero-order valence-electron chi connectivity index (χ0n) is 63.2. The van der Waals surface area contributed by atoms with E-state index in [-0.39, 0.29) is 122 Å². The van der Waals surface area contributed by atoms with E-state index in [9.17, 15) is 5.11 Å². The standard InChI is InChI=1S/C91H110O17/c1-7-18-66-76(100-68-27-16-26-67-69(98-71(68)36-38-92)34-35-70-74(99-67)46-80-87(104-70)88(86-72(101-80)25-14-15-39-93-86)96-52-59-30-33-62-21-10-13-24-65(62)45-59)48-81(94-50-57-28-31-60-19-8-11-22-63(60)43-57)90(6)82(103-66)49-77-78(107-90)42-53(2)41-73-75(102-77)47-79-83(105-73)55(4)84(95-51-58-29-32-61-20-9-12-23-64(61)44-58)89-85(106-79)54(3)56(5)91(108-89)37-17-40-97-91/h7-16,19-24,27-35,43-45,53-56,66-89,92H,1,17-18,25-26,36-42,46-52H2,2-6H3/b27-16-/t53-,54+,55-,56+,66+,67-,68+,69+,70-,71-,72+,73+,74+,75-,76-,77+,78-,79+,80-,81-,82-,83-,84+,85-,86+,87-,88-,89+,90+,91-/m1/s1. The third-order valence-corrected chi connectivity index (χ3v) is 26.6. The van der Waals surface area contributed by atoms with Gasteiger partial charge in [-0.15, -0.1) is 6.58 Å². The van der Waals surface area contributed by atoms with E-state index in [1.807, 2.05) is 6.08 Å². The molecule has 30 atom stereocenters. The highest BCUT2D eigenvalue weighted by atomic mass is 16.7. The van der Waals surface area contributed by atoms with Gasteiger partial charge < -0.3 is 80.9 Å². The zero-order valence-corrected chi connectivity index (χ0v) is 63.2. The molecule has 18 rings (SSSR count). The Bertz CT molecular complexity index is 4190. The van der Waals surface area contributed by atoms with E-state index >= 15 is 0 Å². The quantitative estimate of drug-likeness (QED) is 0.0963. The minimum Gasteiger partial charge on any atom is -0.396 e. The summed E-state index contributed by atoms with van der Waals surface area (Å²) in [4.78, 5) is 0. The van der Waals surface area contributed by atoms with Crippen molar-refractivity contribution in [3.63, 3.8) is 0 Å². The molecule has 1 N–H and O–H groups in total. The second-order valence-corrected chi connectivity index (χ2v) is 33.6. The highest BCUT2D eigenvalue weighted by molar-refractivity contribution is 5.84. The lowest BCUT2D eigenvalue weighted by atomic mass is 9.76. The van der Waals surface area contributed by atoms with Crippen molar-refractivity contribution in [1.82, 2.24) is 0 Å². The van der Waals surface area contributed by atoms with Gasteiger partial charge >= 0.3 is 0 Å². The van der Waals surface area contributed by atoms with Crippen LogP contribution in [0.1, 0.15) is 128 Å². The van der Waals surface area contributed by atoms with Gasteiger partial charge in [-0.2, -0.15) is 0 Å². The van der Waals surface area contributed by atoms with E-state index in [0.29, 0.717) is 78.0 Å². The average molecular weight is 1480 g/mol. The van der Waals surface area contributed by atoms with E-state index in [2.05, 4.69) is 205 Å². The van der Waals surface area contributed by atoms with Crippen LogP contribution in [0.5, 0.6) is 0 Å². The van der Waals surface area contributed by atoms with Crippen molar-refractivity contribution in [2.45, 2.75) is 289 Å². The molecule has 0 saturated carbocycles. The fourth-order valence-corrected chi connectivity index (χ4v) is 20.7. The number of hydrogen-bond acceptors (Lipinski definition) is 17. The molecule has 9 fully saturated rings. The summed E-state index contributed by atoms with van der Waals surface area (Å²) in [5.41, 5.74) is 2.31. The average Bonchev–Trinajstić information content (AvgIpc) is 1.53. The summed E-state index contributed by atoms with van der Waals surface area (Å²) in [6, 6.07) is 45.0.